The summed E-state index contributed by atoms with van der Waals surface area (Å²) in [5.74, 6) is -1.32. The van der Waals surface area contributed by atoms with E-state index in [1.54, 1.807) is 36.4 Å². The molecule has 1 N–H and O–H groups in total. The molecule has 3 aromatic carbocycles. The molecule has 4 aliphatic rings. The van der Waals surface area contributed by atoms with Gasteiger partial charge in [0.15, 0.2) is 6.17 Å². The Labute approximate surface area is 236 Å². The van der Waals surface area contributed by atoms with Crippen molar-refractivity contribution in [2.24, 2.45) is 0 Å². The Balaban J connectivity index is 1.30. The smallest absolute Gasteiger partial charge is 0.431 e. The van der Waals surface area contributed by atoms with Crippen molar-refractivity contribution in [3.05, 3.63) is 119 Å². The number of hydrogen-bond donors (Lipinski definition) is 1. The average molecular weight is 553 g/mol. The van der Waals surface area contributed by atoms with E-state index in [1.165, 1.54) is 5.01 Å². The maximum Gasteiger partial charge on any atom is 0.431 e. The average Bonchev–Trinajstić information content (AvgIpc) is 3.20. The minimum absolute atomic E-state index is 0.0353. The van der Waals surface area contributed by atoms with Crippen molar-refractivity contribution in [2.75, 3.05) is 0 Å². The van der Waals surface area contributed by atoms with Crippen molar-refractivity contribution in [1.29, 1.82) is 0 Å². The summed E-state index contributed by atoms with van der Waals surface area (Å²) in [5, 5.41) is 6.29. The fourth-order valence-electron chi connectivity index (χ4n) is 5.35. The molecule has 0 aromatic heterocycles. The summed E-state index contributed by atoms with van der Waals surface area (Å²) in [6.45, 7) is 1.77. The number of hydrazine groups is 1. The quantitative estimate of drug-likeness (QED) is 0.372. The summed E-state index contributed by atoms with van der Waals surface area (Å²) >= 11 is 0. The van der Waals surface area contributed by atoms with E-state index < -0.39 is 42.3 Å². The van der Waals surface area contributed by atoms with Gasteiger partial charge in [-0.15, -0.1) is 0 Å². The van der Waals surface area contributed by atoms with Crippen LogP contribution in [-0.4, -0.2) is 63.2 Å². The highest BCUT2D eigenvalue weighted by Crippen LogP contribution is 2.40. The van der Waals surface area contributed by atoms with Gasteiger partial charge in [-0.2, -0.15) is 10.1 Å². The van der Waals surface area contributed by atoms with E-state index in [1.807, 2.05) is 67.6 Å². The largest absolute Gasteiger partial charge is 0.443 e. The Morgan fingerprint density at radius 1 is 0.878 bits per heavy atom. The molecule has 7 rings (SSSR count). The Morgan fingerprint density at radius 3 is 2.15 bits per heavy atom. The zero-order valence-corrected chi connectivity index (χ0v) is 22.3. The standard InChI is InChI=1S/C31H28N4O6/c1-20-17-25-33(31(39)40-19-22-13-7-3-8-14-22)34-27(28(20)41-35(25)29(37)23-15-9-4-10-16-23)26(30(34)38)32-24(36)18-21-11-5-2-6-12-21/h2-17,25-28H,18-19H2,1H3,(H,32,36)/t25-,26-,27+,28-/m1/s1. The monoisotopic (exact) mass is 552 g/mol. The molecule has 4 aliphatic heterocycles. The molecule has 41 heavy (non-hydrogen) atoms. The van der Waals surface area contributed by atoms with Crippen LogP contribution in [0.4, 0.5) is 4.79 Å². The molecule has 0 spiro atoms. The van der Waals surface area contributed by atoms with Gasteiger partial charge in [0.05, 0.1) is 6.42 Å². The number of rotatable bonds is 6. The van der Waals surface area contributed by atoms with Crippen LogP contribution < -0.4 is 5.32 Å². The van der Waals surface area contributed by atoms with Gasteiger partial charge in [0.1, 0.15) is 24.8 Å². The molecule has 0 unspecified atom stereocenters. The van der Waals surface area contributed by atoms with E-state index in [0.29, 0.717) is 5.56 Å². The van der Waals surface area contributed by atoms with Crippen molar-refractivity contribution >= 4 is 23.8 Å². The molecular formula is C31H28N4O6. The first-order valence-corrected chi connectivity index (χ1v) is 13.3. The van der Waals surface area contributed by atoms with Gasteiger partial charge in [-0.05, 0) is 41.8 Å². The molecule has 4 heterocycles. The topological polar surface area (TPSA) is 108 Å². The van der Waals surface area contributed by atoms with E-state index >= 15 is 0 Å². The molecular weight excluding hydrogens is 524 g/mol. The van der Waals surface area contributed by atoms with E-state index in [-0.39, 0.29) is 18.9 Å². The van der Waals surface area contributed by atoms with Crippen molar-refractivity contribution in [3.63, 3.8) is 0 Å². The first-order chi connectivity index (χ1) is 19.9. The molecule has 0 saturated carbocycles. The molecule has 208 valence electrons. The number of fused-ring (bicyclic) bond motifs is 1. The van der Waals surface area contributed by atoms with Crippen LogP contribution in [0.3, 0.4) is 0 Å². The summed E-state index contributed by atoms with van der Waals surface area (Å²) < 4.78 is 5.62. The SMILES string of the molecule is CC1=C[C@H]2N(C(=O)c3ccccc3)O[C@H]1[C@@H]1[C@@H](NC(=O)Cc3ccccc3)C(=O)N1N2C(=O)OCc1ccccc1. The third-order valence-electron chi connectivity index (χ3n) is 7.37. The molecule has 4 atom stereocenters. The van der Waals surface area contributed by atoms with E-state index in [0.717, 1.165) is 26.8 Å². The van der Waals surface area contributed by atoms with Crippen LogP contribution in [0.5, 0.6) is 0 Å². The molecule has 10 nitrogen and oxygen atoms in total. The minimum atomic E-state index is -1.09. The van der Waals surface area contributed by atoms with Crippen LogP contribution in [-0.2, 0) is 32.2 Å². The Morgan fingerprint density at radius 2 is 1.49 bits per heavy atom. The number of ether oxygens (including phenoxy) is 1. The van der Waals surface area contributed by atoms with Crippen LogP contribution in [0.15, 0.2) is 103 Å². The predicted molar refractivity (Wildman–Crippen MR) is 146 cm³/mol. The number of hydroxylamine groups is 2. The van der Waals surface area contributed by atoms with Gasteiger partial charge in [0, 0.05) is 5.56 Å². The van der Waals surface area contributed by atoms with Crippen LogP contribution in [0, 0.1) is 0 Å². The first kappa shape index (κ1) is 26.3. The lowest BCUT2D eigenvalue weighted by Gasteiger charge is -2.50. The summed E-state index contributed by atoms with van der Waals surface area (Å²) in [7, 11) is 0. The Hall–Kier alpha value is -4.96. The molecule has 2 bridgehead atoms. The predicted octanol–water partition coefficient (Wildman–Crippen LogP) is 3.22. The van der Waals surface area contributed by atoms with Gasteiger partial charge in [0.2, 0.25) is 5.91 Å². The fraction of sp³-hybridized carbons (Fsp3) is 0.226. The van der Waals surface area contributed by atoms with Crippen LogP contribution >= 0.6 is 0 Å². The number of benzene rings is 3. The highest BCUT2D eigenvalue weighted by atomic mass is 16.7. The van der Waals surface area contributed by atoms with Gasteiger partial charge >= 0.3 is 6.09 Å². The second-order valence-corrected chi connectivity index (χ2v) is 10.1. The van der Waals surface area contributed by atoms with Gasteiger partial charge in [-0.1, -0.05) is 78.9 Å². The van der Waals surface area contributed by atoms with E-state index in [4.69, 9.17) is 9.57 Å². The number of amides is 4. The van der Waals surface area contributed by atoms with Gasteiger partial charge in [0.25, 0.3) is 11.8 Å². The van der Waals surface area contributed by atoms with Gasteiger partial charge in [-0.3, -0.25) is 19.2 Å². The lowest BCUT2D eigenvalue weighted by atomic mass is 9.88. The number of carbonyl (C=O) groups is 4. The Bertz CT molecular complexity index is 1500. The second kappa shape index (κ2) is 10.9. The molecule has 0 radical (unpaired) electrons. The number of carbonyl (C=O) groups excluding carboxylic acids is 4. The summed E-state index contributed by atoms with van der Waals surface area (Å²) in [5.41, 5.74) is 2.63. The highest BCUT2D eigenvalue weighted by Gasteiger charge is 2.63. The second-order valence-electron chi connectivity index (χ2n) is 10.1. The zero-order chi connectivity index (χ0) is 28.5. The summed E-state index contributed by atoms with van der Waals surface area (Å²) in [4.78, 5) is 59.9. The molecule has 3 aromatic rings. The van der Waals surface area contributed by atoms with E-state index in [9.17, 15) is 19.2 Å². The molecule has 0 aliphatic carbocycles. The molecule has 2 saturated heterocycles. The van der Waals surface area contributed by atoms with E-state index in [2.05, 4.69) is 5.32 Å². The Kier molecular flexibility index (Phi) is 6.98. The fourth-order valence-corrected chi connectivity index (χ4v) is 5.35. The van der Waals surface area contributed by atoms with Crippen molar-refractivity contribution < 1.29 is 28.8 Å². The van der Waals surface area contributed by atoms with Crippen molar-refractivity contribution in [2.45, 2.75) is 44.3 Å². The maximum atomic E-state index is 13.6. The third-order valence-corrected chi connectivity index (χ3v) is 7.37. The molecule has 10 heteroatoms. The normalized spacial score (nSPS) is 22.7. The minimum Gasteiger partial charge on any atom is -0.443 e. The summed E-state index contributed by atoms with van der Waals surface area (Å²) in [6.07, 6.45) is -0.898. The molecule has 2 fully saturated rings. The highest BCUT2D eigenvalue weighted by molar-refractivity contribution is 5.97. The maximum absolute atomic E-state index is 13.6. The summed E-state index contributed by atoms with van der Waals surface area (Å²) in [6, 6.07) is 25.1. The number of nitrogens with zero attached hydrogens (tertiary/aromatic N) is 3. The van der Waals surface area contributed by atoms with Gasteiger partial charge < -0.3 is 10.1 Å². The number of β-lactam (4-membered cyclic amide) rings is 1. The van der Waals surface area contributed by atoms with Gasteiger partial charge in [-0.25, -0.2) is 9.80 Å². The van der Waals surface area contributed by atoms with Crippen molar-refractivity contribution in [1.82, 2.24) is 20.4 Å². The lowest BCUT2D eigenvalue weighted by Crippen LogP contribution is -2.78. The number of nitrogens with one attached hydrogen (secondary N) is 1. The van der Waals surface area contributed by atoms with Crippen LogP contribution in [0.2, 0.25) is 0 Å². The van der Waals surface area contributed by atoms with Crippen LogP contribution in [0.1, 0.15) is 28.4 Å². The number of hydrogen-bond acceptors (Lipinski definition) is 6. The molecule has 4 amide bonds. The third kappa shape index (κ3) is 4.93. The van der Waals surface area contributed by atoms with Crippen molar-refractivity contribution in [3.8, 4) is 0 Å². The first-order valence-electron chi connectivity index (χ1n) is 13.3. The lowest BCUT2D eigenvalue weighted by molar-refractivity contribution is -0.185. The van der Waals surface area contributed by atoms with Crippen LogP contribution in [0.25, 0.3) is 0 Å². The zero-order valence-electron chi connectivity index (χ0n) is 22.3.